The maximum absolute atomic E-state index is 12.3. The Kier molecular flexibility index (Phi) is 10.8. The van der Waals surface area contributed by atoms with Gasteiger partial charge in [-0.2, -0.15) is 0 Å². The van der Waals surface area contributed by atoms with E-state index in [0.29, 0.717) is 17.8 Å². The zero-order valence-electron chi connectivity index (χ0n) is 21.2. The topological polar surface area (TPSA) is 140 Å². The van der Waals surface area contributed by atoms with Crippen LogP contribution in [0.2, 0.25) is 0 Å². The van der Waals surface area contributed by atoms with Gasteiger partial charge in [-0.3, -0.25) is 19.6 Å². The van der Waals surface area contributed by atoms with Crippen LogP contribution >= 0.6 is 0 Å². The Hall–Kier alpha value is -4.93. The quantitative estimate of drug-likeness (QED) is 0.143. The molecule has 3 aromatic rings. The summed E-state index contributed by atoms with van der Waals surface area (Å²) < 4.78 is 0. The molecule has 0 aliphatic carbocycles. The van der Waals surface area contributed by atoms with Gasteiger partial charge in [-0.05, 0) is 72.9 Å². The Morgan fingerprint density at radius 1 is 0.846 bits per heavy atom. The Labute approximate surface area is 226 Å². The van der Waals surface area contributed by atoms with E-state index in [1.165, 1.54) is 24.5 Å². The van der Waals surface area contributed by atoms with Gasteiger partial charge < -0.3 is 21.1 Å². The molecule has 3 amide bonds. The molecule has 0 saturated carbocycles. The number of carbonyl (C=O) groups is 3. The van der Waals surface area contributed by atoms with E-state index in [1.54, 1.807) is 36.4 Å². The molecule has 9 heteroatoms. The molecule has 0 fully saturated rings. The molecule has 39 heavy (non-hydrogen) atoms. The van der Waals surface area contributed by atoms with Crippen molar-refractivity contribution in [3.8, 4) is 23.7 Å². The number of anilines is 1. The largest absolute Gasteiger partial charge is 0.391 e. The van der Waals surface area contributed by atoms with Gasteiger partial charge in [0.2, 0.25) is 5.91 Å². The predicted molar refractivity (Wildman–Crippen MR) is 146 cm³/mol. The summed E-state index contributed by atoms with van der Waals surface area (Å²) in [6, 6.07) is 21.9. The number of nitrogens with one attached hydrogen (secondary N) is 4. The molecule has 0 aromatic heterocycles. The third kappa shape index (κ3) is 9.47. The summed E-state index contributed by atoms with van der Waals surface area (Å²) in [5.74, 6) is 9.67. The van der Waals surface area contributed by atoms with E-state index in [4.69, 9.17) is 5.21 Å². The van der Waals surface area contributed by atoms with E-state index in [-0.39, 0.29) is 18.0 Å². The van der Waals surface area contributed by atoms with Crippen LogP contribution in [-0.4, -0.2) is 46.7 Å². The van der Waals surface area contributed by atoms with E-state index in [9.17, 15) is 19.5 Å². The average molecular weight is 525 g/mol. The highest BCUT2D eigenvalue weighted by Crippen LogP contribution is 2.09. The number of hydroxylamine groups is 1. The molecule has 9 nitrogen and oxygen atoms in total. The number of aliphatic hydroxyl groups excluding tert-OH is 1. The van der Waals surface area contributed by atoms with Crippen molar-refractivity contribution >= 4 is 23.4 Å². The second kappa shape index (κ2) is 14.7. The van der Waals surface area contributed by atoms with Gasteiger partial charge in [0.25, 0.3) is 11.8 Å². The molecule has 0 saturated heterocycles. The summed E-state index contributed by atoms with van der Waals surface area (Å²) in [7, 11) is 0. The van der Waals surface area contributed by atoms with Crippen LogP contribution in [0.4, 0.5) is 5.69 Å². The van der Waals surface area contributed by atoms with Gasteiger partial charge in [-0.1, -0.05) is 42.2 Å². The number of hydrogen-bond donors (Lipinski definition) is 6. The van der Waals surface area contributed by atoms with Crippen molar-refractivity contribution in [3.63, 3.8) is 0 Å². The van der Waals surface area contributed by atoms with Crippen molar-refractivity contribution in [1.82, 2.24) is 16.1 Å². The van der Waals surface area contributed by atoms with Crippen molar-refractivity contribution in [3.05, 3.63) is 101 Å². The first-order chi connectivity index (χ1) is 18.9. The summed E-state index contributed by atoms with van der Waals surface area (Å²) in [5.41, 5.74) is 4.79. The first-order valence-corrected chi connectivity index (χ1v) is 12.0. The van der Waals surface area contributed by atoms with Crippen LogP contribution in [0.1, 0.15) is 34.0 Å². The molecule has 0 aliphatic heterocycles. The van der Waals surface area contributed by atoms with Gasteiger partial charge in [0.15, 0.2) is 0 Å². The maximum Gasteiger partial charge on any atom is 0.268 e. The maximum atomic E-state index is 12.3. The average Bonchev–Trinajstić information content (AvgIpc) is 2.95. The number of benzene rings is 3. The molecule has 0 unspecified atom stereocenters. The van der Waals surface area contributed by atoms with Gasteiger partial charge in [-0.25, -0.2) is 5.48 Å². The lowest BCUT2D eigenvalue weighted by molar-refractivity contribution is -0.133. The second-order valence-corrected chi connectivity index (χ2v) is 8.46. The fraction of sp³-hybridized carbons (Fsp3) is 0.167. The summed E-state index contributed by atoms with van der Waals surface area (Å²) >= 11 is 0. The summed E-state index contributed by atoms with van der Waals surface area (Å²) in [6.07, 6.45) is -1.20. The lowest BCUT2D eigenvalue weighted by atomic mass is 10.1. The van der Waals surface area contributed by atoms with Gasteiger partial charge >= 0.3 is 0 Å². The molecular formula is C30H28N4O5. The highest BCUT2D eigenvalue weighted by atomic mass is 16.5. The minimum Gasteiger partial charge on any atom is -0.391 e. The Morgan fingerprint density at radius 3 is 2.00 bits per heavy atom. The van der Waals surface area contributed by atoms with Crippen LogP contribution in [0.5, 0.6) is 0 Å². The van der Waals surface area contributed by atoms with E-state index in [1.807, 2.05) is 30.3 Å². The Morgan fingerprint density at radius 2 is 1.44 bits per heavy atom. The van der Waals surface area contributed by atoms with Crippen LogP contribution in [0.3, 0.4) is 0 Å². The smallest absolute Gasteiger partial charge is 0.268 e. The van der Waals surface area contributed by atoms with Crippen LogP contribution < -0.4 is 21.4 Å². The molecule has 0 radical (unpaired) electrons. The fourth-order valence-electron chi connectivity index (χ4n) is 3.37. The van der Waals surface area contributed by atoms with Crippen molar-refractivity contribution in [1.29, 1.82) is 0 Å². The first kappa shape index (κ1) is 28.6. The standard InChI is InChI=1S/C30H28N4O5/c1-21(35)28(30(38)34-39)33-29(37)25-15-11-22(12-16-25)7-5-6-8-23-13-17-26(18-14-23)32-27(36)20-31-19-24-9-3-2-4-10-24/h2-4,9-18,21,28,31,35,39H,19-20H2,1H3,(H,32,36)(H,33,37)(H,34,38)/t21-,28+/m1/s1. The number of amides is 3. The monoisotopic (exact) mass is 524 g/mol. The van der Waals surface area contributed by atoms with E-state index >= 15 is 0 Å². The van der Waals surface area contributed by atoms with Crippen LogP contribution in [-0.2, 0) is 16.1 Å². The lowest BCUT2D eigenvalue weighted by Crippen LogP contribution is -2.51. The van der Waals surface area contributed by atoms with Crippen LogP contribution in [0.25, 0.3) is 0 Å². The third-order valence-electron chi connectivity index (χ3n) is 5.41. The summed E-state index contributed by atoms with van der Waals surface area (Å²) in [4.78, 5) is 36.0. The molecule has 3 aromatic carbocycles. The molecule has 0 heterocycles. The van der Waals surface area contributed by atoms with Crippen molar-refractivity contribution < 1.29 is 24.7 Å². The number of aliphatic hydroxyl groups is 1. The second-order valence-electron chi connectivity index (χ2n) is 8.46. The van der Waals surface area contributed by atoms with E-state index in [2.05, 4.69) is 39.6 Å². The predicted octanol–water partition coefficient (Wildman–Crippen LogP) is 1.80. The lowest BCUT2D eigenvalue weighted by Gasteiger charge is -2.19. The summed E-state index contributed by atoms with van der Waals surface area (Å²) in [5, 5.41) is 26.7. The zero-order chi connectivity index (χ0) is 28.0. The molecule has 2 atom stereocenters. The molecule has 6 N–H and O–H groups in total. The van der Waals surface area contributed by atoms with Crippen molar-refractivity contribution in [2.24, 2.45) is 0 Å². The van der Waals surface area contributed by atoms with E-state index < -0.39 is 24.0 Å². The van der Waals surface area contributed by atoms with Crippen molar-refractivity contribution in [2.45, 2.75) is 25.6 Å². The zero-order valence-corrected chi connectivity index (χ0v) is 21.2. The minimum atomic E-state index is -1.30. The normalized spacial score (nSPS) is 11.5. The Balaban J connectivity index is 1.48. The highest BCUT2D eigenvalue weighted by Gasteiger charge is 2.25. The molecule has 0 bridgehead atoms. The van der Waals surface area contributed by atoms with E-state index in [0.717, 1.165) is 11.1 Å². The van der Waals surface area contributed by atoms with Gasteiger partial charge in [0, 0.05) is 28.9 Å². The van der Waals surface area contributed by atoms with Gasteiger partial charge in [0.1, 0.15) is 6.04 Å². The number of hydrogen-bond acceptors (Lipinski definition) is 6. The van der Waals surface area contributed by atoms with Gasteiger partial charge in [-0.15, -0.1) is 0 Å². The van der Waals surface area contributed by atoms with Crippen molar-refractivity contribution in [2.75, 3.05) is 11.9 Å². The third-order valence-corrected chi connectivity index (χ3v) is 5.41. The summed E-state index contributed by atoms with van der Waals surface area (Å²) in [6.45, 7) is 2.12. The highest BCUT2D eigenvalue weighted by molar-refractivity contribution is 5.97. The Bertz CT molecular complexity index is 1400. The molecule has 0 aliphatic rings. The SMILES string of the molecule is C[C@@H](O)[C@H](NC(=O)c1ccc(C#CC#Cc2ccc(NC(=O)CNCc3ccccc3)cc2)cc1)C(=O)NO. The van der Waals surface area contributed by atoms with Crippen LogP contribution in [0.15, 0.2) is 78.9 Å². The van der Waals surface area contributed by atoms with Gasteiger partial charge in [0.05, 0.1) is 12.6 Å². The first-order valence-electron chi connectivity index (χ1n) is 12.0. The molecule has 198 valence electrons. The molecule has 0 spiro atoms. The number of rotatable bonds is 9. The fourth-order valence-corrected chi connectivity index (χ4v) is 3.37. The minimum absolute atomic E-state index is 0.141. The molecular weight excluding hydrogens is 496 g/mol. The number of carbonyl (C=O) groups excluding carboxylic acids is 3. The van der Waals surface area contributed by atoms with Crippen LogP contribution in [0, 0.1) is 23.7 Å². The molecule has 3 rings (SSSR count).